The Kier molecular flexibility index (Phi) is 2.72. The third kappa shape index (κ3) is 1.81. The molecule has 1 aliphatic heterocycles. The summed E-state index contributed by atoms with van der Waals surface area (Å²) in [4.78, 5) is 10.9. The van der Waals surface area contributed by atoms with Gasteiger partial charge in [0.05, 0.1) is 31.9 Å². The molecule has 1 aliphatic rings. The van der Waals surface area contributed by atoms with Gasteiger partial charge >= 0.3 is 0 Å². The number of hydrogen-bond acceptors (Lipinski definition) is 6. The van der Waals surface area contributed by atoms with E-state index in [0.717, 1.165) is 0 Å². The molecular weight excluding hydrogens is 210 g/mol. The van der Waals surface area contributed by atoms with Crippen molar-refractivity contribution in [2.45, 2.75) is 0 Å². The first-order valence-electron chi connectivity index (χ1n) is 4.76. The van der Waals surface area contributed by atoms with E-state index >= 15 is 0 Å². The molecular formula is C10H10N3O3-. The van der Waals surface area contributed by atoms with E-state index in [-0.39, 0.29) is 11.3 Å². The molecule has 0 N–H and O–H groups in total. The zero-order valence-corrected chi connectivity index (χ0v) is 8.71. The maximum atomic E-state index is 10.9. The molecule has 0 amide bonds. The zero-order chi connectivity index (χ0) is 11.5. The maximum Gasteiger partial charge on any atom is 0.128 e. The number of hydrogen-bond donors (Lipinski definition) is 0. The molecule has 2 rings (SSSR count). The van der Waals surface area contributed by atoms with Crippen LogP contribution in [0, 0.1) is 0 Å². The number of benzene rings is 1. The number of carboxylic acids is 1. The van der Waals surface area contributed by atoms with Crippen molar-refractivity contribution in [3.8, 4) is 5.75 Å². The third-order valence-corrected chi connectivity index (χ3v) is 2.28. The minimum Gasteiger partial charge on any atom is -0.545 e. The molecule has 0 saturated carbocycles. The van der Waals surface area contributed by atoms with Crippen LogP contribution in [0.5, 0.6) is 5.75 Å². The van der Waals surface area contributed by atoms with Crippen molar-refractivity contribution in [3.05, 3.63) is 23.8 Å². The third-order valence-electron chi connectivity index (χ3n) is 2.28. The molecule has 0 unspecified atom stereocenters. The van der Waals surface area contributed by atoms with Gasteiger partial charge in [-0.2, -0.15) is 5.11 Å². The van der Waals surface area contributed by atoms with Gasteiger partial charge in [-0.25, -0.2) is 5.01 Å². The molecule has 0 bridgehead atoms. The first kappa shape index (κ1) is 10.4. The van der Waals surface area contributed by atoms with Crippen LogP contribution >= 0.6 is 0 Å². The number of nitrogens with zero attached hydrogens (tertiary/aromatic N) is 3. The van der Waals surface area contributed by atoms with Crippen molar-refractivity contribution in [3.63, 3.8) is 0 Å². The molecule has 0 saturated heterocycles. The number of carboxylic acid groups (broad SMARTS) is 1. The van der Waals surface area contributed by atoms with Gasteiger partial charge in [-0.05, 0) is 18.2 Å². The fourth-order valence-electron chi connectivity index (χ4n) is 1.50. The highest BCUT2D eigenvalue weighted by Crippen LogP contribution is 2.25. The topological polar surface area (TPSA) is 77.3 Å². The highest BCUT2D eigenvalue weighted by Gasteiger charge is 2.13. The lowest BCUT2D eigenvalue weighted by Gasteiger charge is -2.15. The van der Waals surface area contributed by atoms with Crippen LogP contribution in [0.2, 0.25) is 0 Å². The quantitative estimate of drug-likeness (QED) is 0.731. The van der Waals surface area contributed by atoms with Crippen LogP contribution in [-0.2, 0) is 0 Å². The van der Waals surface area contributed by atoms with Gasteiger partial charge in [0.1, 0.15) is 5.75 Å². The summed E-state index contributed by atoms with van der Waals surface area (Å²) in [6, 6.07) is 4.78. The summed E-state index contributed by atoms with van der Waals surface area (Å²) in [6.45, 7) is 1.27. The molecule has 1 aromatic rings. The Balaban J connectivity index is 2.38. The average Bonchev–Trinajstić information content (AvgIpc) is 2.81. The molecule has 0 atom stereocenters. The Morgan fingerprint density at radius 2 is 2.38 bits per heavy atom. The van der Waals surface area contributed by atoms with Gasteiger partial charge in [-0.1, -0.05) is 5.22 Å². The minimum absolute atomic E-state index is 0.0158. The maximum absolute atomic E-state index is 10.9. The van der Waals surface area contributed by atoms with E-state index in [9.17, 15) is 9.90 Å². The molecule has 1 aromatic carbocycles. The van der Waals surface area contributed by atoms with Crippen LogP contribution in [0.3, 0.4) is 0 Å². The lowest BCUT2D eigenvalue weighted by atomic mass is 10.1. The standard InChI is InChI=1S/C10H11N3O3/c1-16-9-3-2-7(6-8(9)10(14)15)13-5-4-11-12-13/h2-3,6H,4-5H2,1H3,(H,14,15)/p-1. The minimum atomic E-state index is -1.27. The smallest absolute Gasteiger partial charge is 0.128 e. The van der Waals surface area contributed by atoms with Gasteiger partial charge < -0.3 is 14.6 Å². The van der Waals surface area contributed by atoms with E-state index in [1.165, 1.54) is 13.2 Å². The van der Waals surface area contributed by atoms with Crippen molar-refractivity contribution in [2.75, 3.05) is 25.2 Å². The summed E-state index contributed by atoms with van der Waals surface area (Å²) >= 11 is 0. The number of carbonyl (C=O) groups excluding carboxylic acids is 1. The molecule has 0 aliphatic carbocycles. The van der Waals surface area contributed by atoms with Crippen LogP contribution < -0.4 is 14.9 Å². The van der Waals surface area contributed by atoms with E-state index in [1.54, 1.807) is 17.1 Å². The van der Waals surface area contributed by atoms with E-state index < -0.39 is 5.97 Å². The Labute approximate surface area is 92.1 Å². The van der Waals surface area contributed by atoms with E-state index in [4.69, 9.17) is 4.74 Å². The number of carbonyl (C=O) groups is 1. The van der Waals surface area contributed by atoms with Crippen LogP contribution in [0.25, 0.3) is 0 Å². The normalized spacial score (nSPS) is 14.2. The molecule has 0 spiro atoms. The largest absolute Gasteiger partial charge is 0.545 e. The highest BCUT2D eigenvalue weighted by molar-refractivity contribution is 5.90. The van der Waals surface area contributed by atoms with E-state index in [1.807, 2.05) is 0 Å². The summed E-state index contributed by atoms with van der Waals surface area (Å²) < 4.78 is 4.93. The lowest BCUT2D eigenvalue weighted by molar-refractivity contribution is -0.255. The first-order valence-corrected chi connectivity index (χ1v) is 4.76. The SMILES string of the molecule is COc1ccc(N2CCN=N2)cc1C(=O)[O-]. The summed E-state index contributed by atoms with van der Waals surface area (Å²) in [6.07, 6.45) is 0. The van der Waals surface area contributed by atoms with Crippen LogP contribution in [-0.4, -0.2) is 26.2 Å². The van der Waals surface area contributed by atoms with Crippen LogP contribution in [0.15, 0.2) is 28.5 Å². The van der Waals surface area contributed by atoms with Gasteiger partial charge in [0.15, 0.2) is 0 Å². The fourth-order valence-corrected chi connectivity index (χ4v) is 1.50. The van der Waals surface area contributed by atoms with Crippen molar-refractivity contribution in [1.82, 2.24) is 0 Å². The lowest BCUT2D eigenvalue weighted by Crippen LogP contribution is -2.23. The van der Waals surface area contributed by atoms with Crippen LogP contribution in [0.4, 0.5) is 5.69 Å². The number of methoxy groups -OCH3 is 1. The zero-order valence-electron chi connectivity index (χ0n) is 8.71. The molecule has 0 fully saturated rings. The highest BCUT2D eigenvalue weighted by atomic mass is 16.5. The summed E-state index contributed by atoms with van der Waals surface area (Å²) in [5.41, 5.74) is 0.684. The van der Waals surface area contributed by atoms with Crippen molar-refractivity contribution in [1.29, 1.82) is 0 Å². The van der Waals surface area contributed by atoms with Crippen LogP contribution in [0.1, 0.15) is 10.4 Å². The van der Waals surface area contributed by atoms with E-state index in [0.29, 0.717) is 18.8 Å². The van der Waals surface area contributed by atoms with Gasteiger partial charge in [-0.3, -0.25) is 0 Å². The summed E-state index contributed by atoms with van der Waals surface area (Å²) in [5, 5.41) is 20.2. The number of ether oxygens (including phenoxy) is 1. The van der Waals surface area contributed by atoms with E-state index in [2.05, 4.69) is 10.3 Å². The molecule has 6 heteroatoms. The second kappa shape index (κ2) is 4.18. The predicted molar refractivity (Wildman–Crippen MR) is 54.4 cm³/mol. The average molecular weight is 220 g/mol. The van der Waals surface area contributed by atoms with Gasteiger partial charge in [0.25, 0.3) is 0 Å². The molecule has 0 aromatic heterocycles. The molecule has 84 valence electrons. The second-order valence-electron chi connectivity index (χ2n) is 3.25. The summed E-state index contributed by atoms with van der Waals surface area (Å²) in [7, 11) is 1.41. The van der Waals surface area contributed by atoms with Gasteiger partial charge in [0, 0.05) is 5.56 Å². The molecule has 0 radical (unpaired) electrons. The predicted octanol–water partition coefficient (Wildman–Crippen LogP) is 0.246. The Bertz CT molecular complexity index is 445. The van der Waals surface area contributed by atoms with Gasteiger partial charge in [-0.15, -0.1) is 0 Å². The number of rotatable bonds is 3. The monoisotopic (exact) mass is 220 g/mol. The molecule has 16 heavy (non-hydrogen) atoms. The van der Waals surface area contributed by atoms with Crippen molar-refractivity contribution >= 4 is 11.7 Å². The summed E-state index contributed by atoms with van der Waals surface area (Å²) in [5.74, 6) is -0.991. The van der Waals surface area contributed by atoms with Gasteiger partial charge in [0.2, 0.25) is 0 Å². The Morgan fingerprint density at radius 1 is 1.56 bits per heavy atom. The first-order chi connectivity index (χ1) is 7.72. The number of aromatic carboxylic acids is 1. The molecule has 1 heterocycles. The fraction of sp³-hybridized carbons (Fsp3) is 0.300. The number of anilines is 1. The second-order valence-corrected chi connectivity index (χ2v) is 3.25. The Morgan fingerprint density at radius 3 is 2.94 bits per heavy atom. The Hall–Kier alpha value is -2.11. The molecule has 6 nitrogen and oxygen atoms in total. The van der Waals surface area contributed by atoms with Crippen molar-refractivity contribution < 1.29 is 14.6 Å². The van der Waals surface area contributed by atoms with Crippen molar-refractivity contribution in [2.24, 2.45) is 10.3 Å².